The lowest BCUT2D eigenvalue weighted by Gasteiger charge is -2.09. The highest BCUT2D eigenvalue weighted by Crippen LogP contribution is 2.19. The van der Waals surface area contributed by atoms with Crippen LogP contribution >= 0.6 is 0 Å². The van der Waals surface area contributed by atoms with E-state index >= 15 is 0 Å². The van der Waals surface area contributed by atoms with Crippen LogP contribution in [0.15, 0.2) is 35.7 Å². The summed E-state index contributed by atoms with van der Waals surface area (Å²) in [5.41, 5.74) is 5.74. The molecule has 2 rings (SSSR count). The first-order valence-corrected chi connectivity index (χ1v) is 6.33. The maximum absolute atomic E-state index is 9.29. The lowest BCUT2D eigenvalue weighted by atomic mass is 10.1. The molecule has 0 aliphatic heterocycles. The minimum absolute atomic E-state index is 0.356. The van der Waals surface area contributed by atoms with E-state index in [-0.39, 0.29) is 0 Å². The Balaban J connectivity index is 2.23. The van der Waals surface area contributed by atoms with Crippen molar-refractivity contribution < 1.29 is 4.74 Å². The molecule has 0 radical (unpaired) electrons. The highest BCUT2D eigenvalue weighted by Gasteiger charge is 2.10. The Morgan fingerprint density at radius 1 is 1.43 bits per heavy atom. The third kappa shape index (κ3) is 3.84. The molecule has 1 N–H and O–H groups in total. The van der Waals surface area contributed by atoms with Gasteiger partial charge >= 0.3 is 0 Å². The summed E-state index contributed by atoms with van der Waals surface area (Å²) in [5, 5.41) is 13.4. The number of hydrazone groups is 1. The Hall–Kier alpha value is -2.78. The van der Waals surface area contributed by atoms with Crippen LogP contribution in [0.5, 0.6) is 0 Å². The van der Waals surface area contributed by atoms with E-state index in [4.69, 9.17) is 4.74 Å². The lowest BCUT2D eigenvalue weighted by molar-refractivity contribution is 0.184. The summed E-state index contributed by atoms with van der Waals surface area (Å²) in [4.78, 5) is 8.23. The first kappa shape index (κ1) is 14.6. The Bertz CT molecular complexity index is 676. The Labute approximate surface area is 123 Å². The number of methoxy groups -OCH3 is 1. The van der Waals surface area contributed by atoms with Crippen molar-refractivity contribution in [2.24, 2.45) is 5.10 Å². The summed E-state index contributed by atoms with van der Waals surface area (Å²) < 4.78 is 5.10. The number of ether oxygens (including phenoxy) is 1. The minimum atomic E-state index is 0.356. The van der Waals surface area contributed by atoms with Gasteiger partial charge in [-0.1, -0.05) is 0 Å². The van der Waals surface area contributed by atoms with Crippen LogP contribution in [0.25, 0.3) is 0 Å². The smallest absolute Gasteiger partial charge is 0.164 e. The minimum Gasteiger partial charge on any atom is -0.380 e. The average molecular weight is 281 g/mol. The van der Waals surface area contributed by atoms with Crippen LogP contribution in [0, 0.1) is 18.3 Å². The zero-order valence-electron chi connectivity index (χ0n) is 11.9. The van der Waals surface area contributed by atoms with Crippen LogP contribution in [-0.4, -0.2) is 23.3 Å². The van der Waals surface area contributed by atoms with Crippen molar-refractivity contribution in [2.75, 3.05) is 12.5 Å². The first-order valence-electron chi connectivity index (χ1n) is 6.33. The normalized spacial score (nSPS) is 10.5. The lowest BCUT2D eigenvalue weighted by Crippen LogP contribution is -2.03. The van der Waals surface area contributed by atoms with Gasteiger partial charge in [0.1, 0.15) is 11.6 Å². The van der Waals surface area contributed by atoms with E-state index in [1.807, 2.05) is 25.1 Å². The van der Waals surface area contributed by atoms with E-state index in [1.54, 1.807) is 25.7 Å². The van der Waals surface area contributed by atoms with Crippen molar-refractivity contribution in [3.05, 3.63) is 53.0 Å². The topological polar surface area (TPSA) is 83.2 Å². The number of hydrogen-bond acceptors (Lipinski definition) is 6. The number of aromatic nitrogens is 2. The number of nitriles is 1. The second kappa shape index (κ2) is 7.12. The molecule has 0 aliphatic carbocycles. The van der Waals surface area contributed by atoms with Crippen LogP contribution < -0.4 is 5.43 Å². The fraction of sp³-hybridized carbons (Fsp3) is 0.200. The summed E-state index contributed by atoms with van der Waals surface area (Å²) in [5.74, 6) is 0.426. The van der Waals surface area contributed by atoms with Crippen LogP contribution in [0.4, 0.5) is 5.82 Å². The van der Waals surface area contributed by atoms with E-state index in [9.17, 15) is 5.26 Å². The SMILES string of the molecule is COCc1cc(C)nc(N/N=C\c2ccncc2)c1C#N. The molecule has 6 heteroatoms. The molecule has 21 heavy (non-hydrogen) atoms. The molecule has 0 amide bonds. The number of anilines is 1. The number of aryl methyl sites for hydroxylation is 1. The molecule has 2 heterocycles. The number of nitrogens with zero attached hydrogens (tertiary/aromatic N) is 4. The second-order valence-corrected chi connectivity index (χ2v) is 4.34. The molecule has 2 aromatic heterocycles. The molecule has 6 nitrogen and oxygen atoms in total. The number of rotatable bonds is 5. The molecule has 0 aliphatic rings. The summed E-state index contributed by atoms with van der Waals surface area (Å²) in [6, 6.07) is 7.63. The standard InChI is InChI=1S/C15H15N5O/c1-11-7-13(10-21-2)14(8-16)15(19-11)20-18-9-12-3-5-17-6-4-12/h3-7,9H,10H2,1-2H3,(H,19,20)/b18-9-. The van der Waals surface area contributed by atoms with Crippen molar-refractivity contribution in [3.63, 3.8) is 0 Å². The van der Waals surface area contributed by atoms with E-state index < -0.39 is 0 Å². The molecule has 0 unspecified atom stereocenters. The molecule has 0 spiro atoms. The van der Waals surface area contributed by atoms with Gasteiger partial charge < -0.3 is 4.74 Å². The highest BCUT2D eigenvalue weighted by atomic mass is 16.5. The first-order chi connectivity index (χ1) is 10.2. The molecular weight excluding hydrogens is 266 g/mol. The largest absolute Gasteiger partial charge is 0.380 e. The van der Waals surface area contributed by atoms with Gasteiger partial charge in [0.25, 0.3) is 0 Å². The average Bonchev–Trinajstić information content (AvgIpc) is 2.48. The third-order valence-electron chi connectivity index (χ3n) is 2.73. The van der Waals surface area contributed by atoms with Crippen LogP contribution in [-0.2, 0) is 11.3 Å². The van der Waals surface area contributed by atoms with E-state index in [1.165, 1.54) is 0 Å². The molecule has 0 bridgehead atoms. The van der Waals surface area contributed by atoms with Crippen molar-refractivity contribution >= 4 is 12.0 Å². The Morgan fingerprint density at radius 3 is 2.86 bits per heavy atom. The van der Waals surface area contributed by atoms with Crippen LogP contribution in [0.3, 0.4) is 0 Å². The summed E-state index contributed by atoms with van der Waals surface area (Å²) in [6.07, 6.45) is 5.01. The third-order valence-corrected chi connectivity index (χ3v) is 2.73. The summed E-state index contributed by atoms with van der Waals surface area (Å²) >= 11 is 0. The van der Waals surface area contributed by atoms with Crippen molar-refractivity contribution in [2.45, 2.75) is 13.5 Å². The van der Waals surface area contributed by atoms with Gasteiger partial charge in [-0.25, -0.2) is 4.98 Å². The maximum atomic E-state index is 9.29. The Morgan fingerprint density at radius 2 is 2.19 bits per heavy atom. The van der Waals surface area contributed by atoms with Gasteiger partial charge in [0, 0.05) is 30.8 Å². The fourth-order valence-electron chi connectivity index (χ4n) is 1.83. The van der Waals surface area contributed by atoms with Crippen molar-refractivity contribution in [1.82, 2.24) is 9.97 Å². The molecule has 0 fully saturated rings. The maximum Gasteiger partial charge on any atom is 0.164 e. The zero-order valence-corrected chi connectivity index (χ0v) is 11.9. The number of hydrogen-bond donors (Lipinski definition) is 1. The van der Waals surface area contributed by atoms with E-state index in [0.29, 0.717) is 18.0 Å². The number of pyridine rings is 2. The van der Waals surface area contributed by atoms with Crippen LogP contribution in [0.2, 0.25) is 0 Å². The quantitative estimate of drug-likeness (QED) is 0.671. The molecule has 0 aromatic carbocycles. The Kier molecular flexibility index (Phi) is 4.96. The predicted molar refractivity (Wildman–Crippen MR) is 79.9 cm³/mol. The van der Waals surface area contributed by atoms with Crippen molar-refractivity contribution in [3.8, 4) is 6.07 Å². The second-order valence-electron chi connectivity index (χ2n) is 4.34. The molecular formula is C15H15N5O. The molecule has 0 saturated heterocycles. The van der Waals surface area contributed by atoms with E-state index in [0.717, 1.165) is 16.8 Å². The molecule has 106 valence electrons. The van der Waals surface area contributed by atoms with Gasteiger partial charge in [0.15, 0.2) is 5.82 Å². The molecule has 0 atom stereocenters. The van der Waals surface area contributed by atoms with Gasteiger partial charge in [-0.15, -0.1) is 0 Å². The van der Waals surface area contributed by atoms with Crippen molar-refractivity contribution in [1.29, 1.82) is 5.26 Å². The van der Waals surface area contributed by atoms with Gasteiger partial charge in [-0.2, -0.15) is 10.4 Å². The number of nitrogens with one attached hydrogen (secondary N) is 1. The monoisotopic (exact) mass is 281 g/mol. The van der Waals surface area contributed by atoms with Gasteiger partial charge in [0.05, 0.1) is 12.8 Å². The van der Waals surface area contributed by atoms with Gasteiger partial charge in [0.2, 0.25) is 0 Å². The van der Waals surface area contributed by atoms with Gasteiger partial charge in [-0.3, -0.25) is 10.4 Å². The fourth-order valence-corrected chi connectivity index (χ4v) is 1.83. The summed E-state index contributed by atoms with van der Waals surface area (Å²) in [6.45, 7) is 2.22. The molecule has 2 aromatic rings. The zero-order chi connectivity index (χ0) is 15.1. The van der Waals surface area contributed by atoms with Gasteiger partial charge in [-0.05, 0) is 30.7 Å². The highest BCUT2D eigenvalue weighted by molar-refractivity contribution is 5.79. The predicted octanol–water partition coefficient (Wildman–Crippen LogP) is 2.25. The molecule has 0 saturated carbocycles. The van der Waals surface area contributed by atoms with E-state index in [2.05, 4.69) is 26.6 Å². The van der Waals surface area contributed by atoms with Crippen LogP contribution in [0.1, 0.15) is 22.4 Å². The summed E-state index contributed by atoms with van der Waals surface area (Å²) in [7, 11) is 1.59.